The van der Waals surface area contributed by atoms with Crippen molar-refractivity contribution in [3.8, 4) is 0 Å². The van der Waals surface area contributed by atoms with Crippen molar-refractivity contribution < 1.29 is 13.2 Å². The molecule has 5 nitrogen and oxygen atoms in total. The first-order valence-corrected chi connectivity index (χ1v) is 10.1. The number of piperidine rings is 1. The van der Waals surface area contributed by atoms with Crippen LogP contribution >= 0.6 is 0 Å². The Morgan fingerprint density at radius 2 is 1.78 bits per heavy atom. The molecule has 2 atom stereocenters. The highest BCUT2D eigenvalue weighted by Crippen LogP contribution is 2.22. The summed E-state index contributed by atoms with van der Waals surface area (Å²) in [5.41, 5.74) is 0.945. The van der Waals surface area contributed by atoms with Gasteiger partial charge in [0.25, 0.3) is 0 Å². The molecular formula is C17H24N2O3S. The van der Waals surface area contributed by atoms with Gasteiger partial charge in [0.05, 0.1) is 24.0 Å². The van der Waals surface area contributed by atoms with E-state index in [4.69, 9.17) is 0 Å². The number of hydrogen-bond acceptors (Lipinski definition) is 4. The third kappa shape index (κ3) is 4.32. The molecule has 6 heteroatoms. The normalized spacial score (nSPS) is 27.7. The number of hydrogen-bond donors (Lipinski definition) is 1. The third-order valence-electron chi connectivity index (χ3n) is 4.74. The van der Waals surface area contributed by atoms with Crippen LogP contribution in [0, 0.1) is 0 Å². The molecule has 0 radical (unpaired) electrons. The van der Waals surface area contributed by atoms with Gasteiger partial charge in [-0.15, -0.1) is 0 Å². The van der Waals surface area contributed by atoms with E-state index < -0.39 is 9.84 Å². The van der Waals surface area contributed by atoms with E-state index in [1.807, 2.05) is 30.3 Å². The second-order valence-corrected chi connectivity index (χ2v) is 8.73. The molecule has 1 aromatic rings. The molecule has 2 aliphatic rings. The first kappa shape index (κ1) is 16.5. The first-order valence-electron chi connectivity index (χ1n) is 8.31. The van der Waals surface area contributed by atoms with Gasteiger partial charge in [-0.3, -0.25) is 9.69 Å². The Morgan fingerprint density at radius 1 is 1.09 bits per heavy atom. The quantitative estimate of drug-likeness (QED) is 0.891. The second-order valence-electron chi connectivity index (χ2n) is 6.58. The summed E-state index contributed by atoms with van der Waals surface area (Å²) in [6.07, 6.45) is 3.73. The van der Waals surface area contributed by atoms with Gasteiger partial charge < -0.3 is 5.32 Å². The molecule has 0 bridgehead atoms. The van der Waals surface area contributed by atoms with Crippen LogP contribution in [0.5, 0.6) is 0 Å². The van der Waals surface area contributed by atoms with Gasteiger partial charge in [-0.05, 0) is 31.5 Å². The molecular weight excluding hydrogens is 312 g/mol. The maximum absolute atomic E-state index is 12.3. The van der Waals surface area contributed by atoms with E-state index in [-0.39, 0.29) is 29.5 Å². The van der Waals surface area contributed by atoms with Crippen LogP contribution in [0.3, 0.4) is 0 Å². The third-order valence-corrected chi connectivity index (χ3v) is 6.45. The number of nitrogens with zero attached hydrogens (tertiary/aromatic N) is 1. The van der Waals surface area contributed by atoms with Crippen molar-refractivity contribution in [3.63, 3.8) is 0 Å². The van der Waals surface area contributed by atoms with Crippen LogP contribution < -0.4 is 5.32 Å². The topological polar surface area (TPSA) is 66.5 Å². The van der Waals surface area contributed by atoms with Crippen LogP contribution in [0.1, 0.15) is 24.8 Å². The molecule has 3 rings (SSSR count). The monoisotopic (exact) mass is 336 g/mol. The minimum atomic E-state index is -3.07. The molecule has 2 fully saturated rings. The molecule has 23 heavy (non-hydrogen) atoms. The number of nitrogens with one attached hydrogen (secondary N) is 1. The zero-order valence-electron chi connectivity index (χ0n) is 13.3. The van der Waals surface area contributed by atoms with Gasteiger partial charge in [-0.2, -0.15) is 0 Å². The molecule has 0 aliphatic carbocycles. The van der Waals surface area contributed by atoms with Crippen LogP contribution in [-0.4, -0.2) is 55.9 Å². The molecule has 1 amide bonds. The Balaban J connectivity index is 1.65. The molecule has 126 valence electrons. The van der Waals surface area contributed by atoms with Gasteiger partial charge in [0.1, 0.15) is 0 Å². The highest BCUT2D eigenvalue weighted by atomic mass is 32.2. The van der Waals surface area contributed by atoms with Gasteiger partial charge >= 0.3 is 0 Å². The van der Waals surface area contributed by atoms with E-state index in [2.05, 4.69) is 10.2 Å². The van der Waals surface area contributed by atoms with E-state index in [0.717, 1.165) is 31.5 Å². The average molecular weight is 336 g/mol. The number of sulfone groups is 1. The lowest BCUT2D eigenvalue weighted by molar-refractivity contribution is -0.121. The largest absolute Gasteiger partial charge is 0.350 e. The summed E-state index contributed by atoms with van der Waals surface area (Å²) in [6.45, 7) is 1.87. The van der Waals surface area contributed by atoms with Gasteiger partial charge in [0, 0.05) is 6.04 Å². The van der Waals surface area contributed by atoms with Crippen molar-refractivity contribution >= 4 is 15.7 Å². The number of rotatable bonds is 4. The Bertz CT molecular complexity index is 639. The lowest BCUT2D eigenvalue weighted by Gasteiger charge is -2.35. The van der Waals surface area contributed by atoms with Crippen LogP contribution in [0.25, 0.3) is 0 Å². The van der Waals surface area contributed by atoms with Gasteiger partial charge in [0.15, 0.2) is 9.84 Å². The molecule has 0 spiro atoms. The van der Waals surface area contributed by atoms with E-state index in [9.17, 15) is 13.2 Å². The number of benzene rings is 1. The van der Waals surface area contributed by atoms with Crippen molar-refractivity contribution in [1.82, 2.24) is 10.2 Å². The molecule has 2 saturated heterocycles. The van der Waals surface area contributed by atoms with Gasteiger partial charge in [0.2, 0.25) is 5.91 Å². The van der Waals surface area contributed by atoms with Crippen molar-refractivity contribution in [2.75, 3.05) is 24.6 Å². The fourth-order valence-corrected chi connectivity index (χ4v) is 5.57. The molecule has 0 unspecified atom stereocenters. The van der Waals surface area contributed by atoms with Crippen LogP contribution in [-0.2, 0) is 21.1 Å². The standard InChI is InChI=1S/C17H24N2O3S/c20-17(11-14-7-3-1-4-8-14)18-15-12-23(21,22)13-16(15)19-9-5-2-6-10-19/h1,3-4,7-8,15-16H,2,5-6,9-13H2,(H,18,20)/t15-,16+/m0/s1. The Labute approximate surface area is 138 Å². The predicted molar refractivity (Wildman–Crippen MR) is 89.9 cm³/mol. The van der Waals surface area contributed by atoms with E-state index >= 15 is 0 Å². The Hall–Kier alpha value is -1.40. The molecule has 0 saturated carbocycles. The van der Waals surface area contributed by atoms with Gasteiger partial charge in [-0.1, -0.05) is 36.8 Å². The number of amides is 1. The zero-order chi connectivity index (χ0) is 16.3. The summed E-state index contributed by atoms with van der Waals surface area (Å²) in [5, 5.41) is 2.97. The lowest BCUT2D eigenvalue weighted by atomic mass is 10.0. The molecule has 0 aromatic heterocycles. The fourth-order valence-electron chi connectivity index (χ4n) is 3.62. The van der Waals surface area contributed by atoms with E-state index in [0.29, 0.717) is 6.42 Å². The summed E-state index contributed by atoms with van der Waals surface area (Å²) in [6, 6.07) is 9.19. The lowest BCUT2D eigenvalue weighted by Crippen LogP contribution is -2.52. The maximum Gasteiger partial charge on any atom is 0.224 e. The molecule has 1 N–H and O–H groups in total. The van der Waals surface area contributed by atoms with Crippen LogP contribution in [0.2, 0.25) is 0 Å². The van der Waals surface area contributed by atoms with Crippen molar-refractivity contribution in [1.29, 1.82) is 0 Å². The smallest absolute Gasteiger partial charge is 0.224 e. The van der Waals surface area contributed by atoms with Gasteiger partial charge in [-0.25, -0.2) is 8.42 Å². The van der Waals surface area contributed by atoms with E-state index in [1.165, 1.54) is 6.42 Å². The number of carbonyl (C=O) groups is 1. The second kappa shape index (κ2) is 7.01. The fraction of sp³-hybridized carbons (Fsp3) is 0.588. The minimum Gasteiger partial charge on any atom is -0.350 e. The van der Waals surface area contributed by atoms with E-state index in [1.54, 1.807) is 0 Å². The SMILES string of the molecule is O=C(Cc1ccccc1)N[C@H]1CS(=O)(=O)C[C@H]1N1CCCCC1. The molecule has 1 aromatic carbocycles. The molecule has 2 aliphatic heterocycles. The summed E-state index contributed by atoms with van der Waals surface area (Å²) >= 11 is 0. The van der Waals surface area contributed by atoms with Crippen molar-refractivity contribution in [2.45, 2.75) is 37.8 Å². The summed E-state index contributed by atoms with van der Waals surface area (Å²) in [4.78, 5) is 14.5. The van der Waals surface area contributed by atoms with Crippen molar-refractivity contribution in [2.24, 2.45) is 0 Å². The van der Waals surface area contributed by atoms with Crippen LogP contribution in [0.15, 0.2) is 30.3 Å². The molecule has 2 heterocycles. The first-order chi connectivity index (χ1) is 11.0. The highest BCUT2D eigenvalue weighted by molar-refractivity contribution is 7.91. The summed E-state index contributed by atoms with van der Waals surface area (Å²) in [7, 11) is -3.07. The Kier molecular flexibility index (Phi) is 5.02. The average Bonchev–Trinajstić information content (AvgIpc) is 2.83. The number of carbonyl (C=O) groups excluding carboxylic acids is 1. The predicted octanol–water partition coefficient (Wildman–Crippen LogP) is 0.997. The Morgan fingerprint density at radius 3 is 2.48 bits per heavy atom. The maximum atomic E-state index is 12.3. The summed E-state index contributed by atoms with van der Waals surface area (Å²) < 4.78 is 24.1. The van der Waals surface area contributed by atoms with Crippen molar-refractivity contribution in [3.05, 3.63) is 35.9 Å². The number of likely N-dealkylation sites (tertiary alicyclic amines) is 1. The zero-order valence-corrected chi connectivity index (χ0v) is 14.1. The summed E-state index contributed by atoms with van der Waals surface area (Å²) in [5.74, 6) is 0.137. The highest BCUT2D eigenvalue weighted by Gasteiger charge is 2.41. The van der Waals surface area contributed by atoms with Crippen LogP contribution in [0.4, 0.5) is 0 Å². The minimum absolute atomic E-state index is 0.0642.